The Morgan fingerprint density at radius 1 is 0.846 bits per heavy atom. The van der Waals surface area contributed by atoms with Gasteiger partial charge in [0.15, 0.2) is 9.84 Å². The van der Waals surface area contributed by atoms with Crippen molar-refractivity contribution in [3.8, 4) is 22.3 Å². The van der Waals surface area contributed by atoms with Crippen LogP contribution in [0.25, 0.3) is 22.3 Å². The van der Waals surface area contributed by atoms with E-state index >= 15 is 0 Å². The molecule has 0 unspecified atom stereocenters. The van der Waals surface area contributed by atoms with E-state index in [1.807, 2.05) is 32.0 Å². The molecule has 3 aromatic rings. The van der Waals surface area contributed by atoms with Crippen molar-refractivity contribution in [2.24, 2.45) is 0 Å². The third kappa shape index (κ3) is 3.51. The van der Waals surface area contributed by atoms with Crippen LogP contribution in [-0.2, 0) is 9.84 Å². The third-order valence-electron chi connectivity index (χ3n) is 4.06. The Kier molecular flexibility index (Phi) is 4.63. The molecule has 2 aromatic carbocycles. The van der Waals surface area contributed by atoms with Crippen LogP contribution in [0.4, 0.5) is 8.78 Å². The molecule has 134 valence electrons. The normalized spacial score (nSPS) is 11.6. The number of aryl methyl sites for hydroxylation is 2. The van der Waals surface area contributed by atoms with Crippen LogP contribution in [0.5, 0.6) is 0 Å². The molecule has 0 saturated carbocycles. The zero-order valence-corrected chi connectivity index (χ0v) is 15.4. The zero-order chi connectivity index (χ0) is 19.1. The fourth-order valence-corrected chi connectivity index (χ4v) is 3.74. The molecule has 6 heteroatoms. The third-order valence-corrected chi connectivity index (χ3v) is 5.18. The number of rotatable bonds is 3. The quantitative estimate of drug-likeness (QED) is 0.668. The number of aromatic nitrogens is 1. The van der Waals surface area contributed by atoms with Crippen molar-refractivity contribution in [3.05, 3.63) is 71.6 Å². The monoisotopic (exact) mass is 373 g/mol. The number of hydrogen-bond acceptors (Lipinski definition) is 3. The van der Waals surface area contributed by atoms with Crippen LogP contribution in [0.2, 0.25) is 0 Å². The smallest absolute Gasteiger partial charge is 0.178 e. The van der Waals surface area contributed by atoms with E-state index < -0.39 is 26.4 Å². The molecule has 0 N–H and O–H groups in total. The molecule has 0 fully saturated rings. The SMILES string of the molecule is Cc1cc(C)cc(-c2ccncc2-c2cc(F)c(S(C)(=O)=O)cc2F)c1. The Morgan fingerprint density at radius 2 is 1.50 bits per heavy atom. The fourth-order valence-electron chi connectivity index (χ4n) is 3.01. The Morgan fingerprint density at radius 3 is 2.12 bits per heavy atom. The summed E-state index contributed by atoms with van der Waals surface area (Å²) >= 11 is 0. The molecule has 0 bridgehead atoms. The van der Waals surface area contributed by atoms with Crippen molar-refractivity contribution in [1.29, 1.82) is 0 Å². The summed E-state index contributed by atoms with van der Waals surface area (Å²) in [6.45, 7) is 3.91. The van der Waals surface area contributed by atoms with Crippen molar-refractivity contribution in [3.63, 3.8) is 0 Å². The molecule has 0 amide bonds. The minimum atomic E-state index is -3.86. The van der Waals surface area contributed by atoms with Gasteiger partial charge in [0.1, 0.15) is 16.5 Å². The van der Waals surface area contributed by atoms with Gasteiger partial charge < -0.3 is 0 Å². The van der Waals surface area contributed by atoms with Gasteiger partial charge in [0.25, 0.3) is 0 Å². The van der Waals surface area contributed by atoms with Gasteiger partial charge in [-0.2, -0.15) is 0 Å². The maximum Gasteiger partial charge on any atom is 0.178 e. The lowest BCUT2D eigenvalue weighted by molar-refractivity contribution is 0.557. The van der Waals surface area contributed by atoms with Crippen LogP contribution in [0.15, 0.2) is 53.7 Å². The highest BCUT2D eigenvalue weighted by Crippen LogP contribution is 2.35. The van der Waals surface area contributed by atoms with Crippen LogP contribution >= 0.6 is 0 Å². The highest BCUT2D eigenvalue weighted by Gasteiger charge is 2.20. The standard InChI is InChI=1S/C20H17F2NO2S/c1-12-6-13(2)8-14(7-12)15-4-5-23-11-17(15)16-9-19(22)20(10-18(16)21)26(3,24)25/h4-11H,1-3H3. The van der Waals surface area contributed by atoms with Crippen LogP contribution in [0, 0.1) is 25.5 Å². The summed E-state index contributed by atoms with van der Waals surface area (Å²) in [6.07, 6.45) is 3.87. The Hall–Kier alpha value is -2.60. The minimum absolute atomic E-state index is 0.0304. The molecule has 3 rings (SSSR count). The largest absolute Gasteiger partial charge is 0.264 e. The van der Waals surface area contributed by atoms with Gasteiger partial charge in [-0.3, -0.25) is 4.98 Å². The maximum absolute atomic E-state index is 14.6. The second-order valence-corrected chi connectivity index (χ2v) is 8.32. The Bertz CT molecular complexity index is 1090. The van der Waals surface area contributed by atoms with Crippen molar-refractivity contribution in [1.82, 2.24) is 4.98 Å². The van der Waals surface area contributed by atoms with E-state index in [1.54, 1.807) is 12.3 Å². The summed E-state index contributed by atoms with van der Waals surface area (Å²) in [4.78, 5) is 3.37. The van der Waals surface area contributed by atoms with Crippen molar-refractivity contribution < 1.29 is 17.2 Å². The number of pyridine rings is 1. The van der Waals surface area contributed by atoms with E-state index in [2.05, 4.69) is 4.98 Å². The lowest BCUT2D eigenvalue weighted by atomic mass is 9.94. The first-order valence-corrected chi connectivity index (χ1v) is 9.78. The summed E-state index contributed by atoms with van der Waals surface area (Å²) in [5, 5.41) is 0. The van der Waals surface area contributed by atoms with E-state index in [-0.39, 0.29) is 5.56 Å². The molecule has 26 heavy (non-hydrogen) atoms. The maximum atomic E-state index is 14.6. The molecular weight excluding hydrogens is 356 g/mol. The van der Waals surface area contributed by atoms with Gasteiger partial charge in [0.2, 0.25) is 0 Å². The van der Waals surface area contributed by atoms with Crippen LogP contribution in [0.1, 0.15) is 11.1 Å². The first-order chi connectivity index (χ1) is 12.2. The molecule has 0 spiro atoms. The highest BCUT2D eigenvalue weighted by atomic mass is 32.2. The van der Waals surface area contributed by atoms with E-state index in [1.165, 1.54) is 6.20 Å². The summed E-state index contributed by atoms with van der Waals surface area (Å²) in [6, 6.07) is 9.28. The summed E-state index contributed by atoms with van der Waals surface area (Å²) in [7, 11) is -3.86. The van der Waals surface area contributed by atoms with Crippen LogP contribution in [-0.4, -0.2) is 19.7 Å². The molecule has 0 saturated heterocycles. The van der Waals surface area contributed by atoms with Crippen molar-refractivity contribution in [2.75, 3.05) is 6.26 Å². The van der Waals surface area contributed by atoms with Gasteiger partial charge in [-0.1, -0.05) is 29.3 Å². The molecule has 0 aliphatic carbocycles. The summed E-state index contributed by atoms with van der Waals surface area (Å²) in [5.74, 6) is -1.80. The van der Waals surface area contributed by atoms with Gasteiger partial charge in [-0.15, -0.1) is 0 Å². The van der Waals surface area contributed by atoms with Gasteiger partial charge in [-0.05, 0) is 43.2 Å². The second-order valence-electron chi connectivity index (χ2n) is 6.33. The Labute approximate surface area is 151 Å². The van der Waals surface area contributed by atoms with E-state index in [4.69, 9.17) is 0 Å². The van der Waals surface area contributed by atoms with E-state index in [0.717, 1.165) is 35.1 Å². The van der Waals surface area contributed by atoms with E-state index in [9.17, 15) is 17.2 Å². The predicted molar refractivity (Wildman–Crippen MR) is 97.6 cm³/mol. The molecule has 3 nitrogen and oxygen atoms in total. The molecule has 0 atom stereocenters. The summed E-state index contributed by atoms with van der Waals surface area (Å²) in [5.41, 5.74) is 4.00. The zero-order valence-electron chi connectivity index (χ0n) is 14.5. The minimum Gasteiger partial charge on any atom is -0.264 e. The highest BCUT2D eigenvalue weighted by molar-refractivity contribution is 7.90. The van der Waals surface area contributed by atoms with Gasteiger partial charge in [0, 0.05) is 29.8 Å². The van der Waals surface area contributed by atoms with Crippen LogP contribution in [0.3, 0.4) is 0 Å². The number of sulfone groups is 1. The van der Waals surface area contributed by atoms with Gasteiger partial charge in [-0.25, -0.2) is 17.2 Å². The molecule has 1 aromatic heterocycles. The number of nitrogens with zero attached hydrogens (tertiary/aromatic N) is 1. The first-order valence-electron chi connectivity index (χ1n) is 7.89. The average molecular weight is 373 g/mol. The number of hydrogen-bond donors (Lipinski definition) is 0. The predicted octanol–water partition coefficient (Wildman–Crippen LogP) is 4.71. The fraction of sp³-hybridized carbons (Fsp3) is 0.150. The van der Waals surface area contributed by atoms with Crippen molar-refractivity contribution in [2.45, 2.75) is 18.7 Å². The topological polar surface area (TPSA) is 47.0 Å². The lowest BCUT2D eigenvalue weighted by Crippen LogP contribution is -2.03. The Balaban J connectivity index is 2.25. The molecule has 1 heterocycles. The lowest BCUT2D eigenvalue weighted by Gasteiger charge is -2.13. The van der Waals surface area contributed by atoms with Gasteiger partial charge >= 0.3 is 0 Å². The summed E-state index contributed by atoms with van der Waals surface area (Å²) < 4.78 is 52.1. The molecule has 0 radical (unpaired) electrons. The van der Waals surface area contributed by atoms with Gasteiger partial charge in [0.05, 0.1) is 0 Å². The van der Waals surface area contributed by atoms with E-state index in [0.29, 0.717) is 11.1 Å². The average Bonchev–Trinajstić information content (AvgIpc) is 2.55. The van der Waals surface area contributed by atoms with Crippen LogP contribution < -0.4 is 0 Å². The number of halogens is 2. The number of benzene rings is 2. The first kappa shape index (κ1) is 18.2. The molecular formula is C20H17F2NO2S. The second kappa shape index (κ2) is 6.61. The molecule has 0 aliphatic heterocycles. The van der Waals surface area contributed by atoms with Crippen molar-refractivity contribution >= 4 is 9.84 Å². The molecule has 0 aliphatic rings.